The van der Waals surface area contributed by atoms with Crippen molar-refractivity contribution in [2.24, 2.45) is 0 Å². The first-order chi connectivity index (χ1) is 14.6. The lowest BCUT2D eigenvalue weighted by molar-refractivity contribution is 0.105. The molecule has 1 fully saturated rings. The van der Waals surface area contributed by atoms with Crippen LogP contribution in [0.5, 0.6) is 5.75 Å². The lowest BCUT2D eigenvalue weighted by Crippen LogP contribution is -2.49. The van der Waals surface area contributed by atoms with Gasteiger partial charge in [-0.1, -0.05) is 11.3 Å². The zero-order valence-corrected chi connectivity index (χ0v) is 17.6. The van der Waals surface area contributed by atoms with Gasteiger partial charge in [-0.25, -0.2) is 19.7 Å². The fraction of sp³-hybridized carbons (Fsp3) is 0.368. The molecule has 0 bridgehead atoms. The number of nitrogen functional groups attached to an aromatic ring is 1. The molecule has 1 saturated heterocycles. The highest BCUT2D eigenvalue weighted by atomic mass is 32.1. The Labute approximate surface area is 177 Å². The van der Waals surface area contributed by atoms with Crippen molar-refractivity contribution in [3.8, 4) is 5.75 Å². The molecule has 3 heterocycles. The molecule has 0 unspecified atom stereocenters. The summed E-state index contributed by atoms with van der Waals surface area (Å²) in [4.78, 5) is 28.8. The van der Waals surface area contributed by atoms with Gasteiger partial charge in [-0.15, -0.1) is 0 Å². The van der Waals surface area contributed by atoms with Crippen molar-refractivity contribution in [2.75, 3.05) is 55.8 Å². The van der Waals surface area contributed by atoms with E-state index in [0.717, 1.165) is 16.0 Å². The Morgan fingerprint density at radius 1 is 1.27 bits per heavy atom. The molecule has 3 N–H and O–H groups in total. The van der Waals surface area contributed by atoms with Gasteiger partial charge in [-0.2, -0.15) is 0 Å². The van der Waals surface area contributed by atoms with E-state index in [1.54, 1.807) is 18.9 Å². The molecule has 0 spiro atoms. The number of carbonyl (C=O) groups is 1. The number of nitrogens with one attached hydrogen (secondary N) is 1. The van der Waals surface area contributed by atoms with E-state index in [2.05, 4.69) is 20.3 Å². The van der Waals surface area contributed by atoms with Crippen LogP contribution in [-0.4, -0.2) is 65.8 Å². The monoisotopic (exact) mass is 429 g/mol. The average molecular weight is 430 g/mol. The Bertz CT molecular complexity index is 1050. The number of hydrogen-bond acceptors (Lipinski definition) is 10. The number of nitrogens with zero attached hydrogens (tertiary/aromatic N) is 5. The van der Waals surface area contributed by atoms with E-state index in [0.29, 0.717) is 55.2 Å². The molecule has 0 saturated carbocycles. The van der Waals surface area contributed by atoms with Crippen molar-refractivity contribution in [3.05, 3.63) is 24.5 Å². The summed E-state index contributed by atoms with van der Waals surface area (Å²) in [6, 6.07) is 5.72. The Morgan fingerprint density at radius 3 is 2.80 bits per heavy atom. The first kappa shape index (κ1) is 20.0. The summed E-state index contributed by atoms with van der Waals surface area (Å²) < 4.78 is 11.3. The fourth-order valence-electron chi connectivity index (χ4n) is 3.24. The van der Waals surface area contributed by atoms with Crippen LogP contribution < -0.4 is 20.7 Å². The van der Waals surface area contributed by atoms with Gasteiger partial charge in [0, 0.05) is 26.2 Å². The molecule has 11 heteroatoms. The van der Waals surface area contributed by atoms with Crippen LogP contribution in [0.4, 0.5) is 27.2 Å². The maximum atomic E-state index is 11.9. The summed E-state index contributed by atoms with van der Waals surface area (Å²) in [6.07, 6.45) is 1.19. The lowest BCUT2D eigenvalue weighted by Gasteiger charge is -2.35. The van der Waals surface area contributed by atoms with E-state index in [4.69, 9.17) is 15.2 Å². The highest BCUT2D eigenvalue weighted by molar-refractivity contribution is 7.22. The number of carbonyl (C=O) groups excluding carboxylic acids is 1. The smallest absolute Gasteiger partial charge is 0.409 e. The van der Waals surface area contributed by atoms with E-state index < -0.39 is 0 Å². The molecule has 158 valence electrons. The van der Waals surface area contributed by atoms with E-state index in [1.807, 2.05) is 23.1 Å². The molecule has 1 aliphatic heterocycles. The van der Waals surface area contributed by atoms with E-state index >= 15 is 0 Å². The normalized spacial score (nSPS) is 14.1. The van der Waals surface area contributed by atoms with Crippen LogP contribution in [0, 0.1) is 0 Å². The van der Waals surface area contributed by atoms with Gasteiger partial charge in [0.1, 0.15) is 17.8 Å². The van der Waals surface area contributed by atoms with Gasteiger partial charge in [-0.05, 0) is 25.1 Å². The minimum Gasteiger partial charge on any atom is -0.497 e. The number of fused-ring (bicyclic) bond motifs is 1. The molecule has 4 rings (SSSR count). The van der Waals surface area contributed by atoms with Gasteiger partial charge in [0.2, 0.25) is 0 Å². The van der Waals surface area contributed by atoms with Crippen molar-refractivity contribution in [2.45, 2.75) is 6.92 Å². The molecule has 2 aromatic heterocycles. The zero-order valence-electron chi connectivity index (χ0n) is 16.8. The molecule has 10 nitrogen and oxygen atoms in total. The van der Waals surface area contributed by atoms with Gasteiger partial charge < -0.3 is 30.3 Å². The number of thiazole rings is 1. The minimum absolute atomic E-state index is 0.289. The number of amides is 1. The molecular weight excluding hydrogens is 406 g/mol. The first-order valence-corrected chi connectivity index (χ1v) is 10.4. The van der Waals surface area contributed by atoms with Crippen molar-refractivity contribution >= 4 is 50.1 Å². The van der Waals surface area contributed by atoms with E-state index in [1.165, 1.54) is 17.7 Å². The molecule has 0 atom stereocenters. The molecule has 1 aromatic carbocycles. The molecule has 0 radical (unpaired) electrons. The summed E-state index contributed by atoms with van der Waals surface area (Å²) >= 11 is 1.49. The van der Waals surface area contributed by atoms with Crippen LogP contribution in [0.1, 0.15) is 6.92 Å². The second-order valence-electron chi connectivity index (χ2n) is 6.61. The standard InChI is InChI=1S/C19H23N7O3S/c1-3-29-19(27)26-8-6-25(7-9-26)17-15(20)16(21-11-22-17)24-18-23-13-5-4-12(28-2)10-14(13)30-18/h4-5,10-11H,3,6-9,20H2,1-2H3,(H,21,22,23,24). The van der Waals surface area contributed by atoms with Crippen molar-refractivity contribution < 1.29 is 14.3 Å². The average Bonchev–Trinajstić information content (AvgIpc) is 3.17. The van der Waals surface area contributed by atoms with Crippen LogP contribution in [0.15, 0.2) is 24.5 Å². The summed E-state index contributed by atoms with van der Waals surface area (Å²) in [7, 11) is 1.64. The number of piperazine rings is 1. The highest BCUT2D eigenvalue weighted by Gasteiger charge is 2.25. The predicted molar refractivity (Wildman–Crippen MR) is 117 cm³/mol. The Kier molecular flexibility index (Phi) is 5.70. The third-order valence-corrected chi connectivity index (χ3v) is 5.72. The number of methoxy groups -OCH3 is 1. The largest absolute Gasteiger partial charge is 0.497 e. The molecular formula is C19H23N7O3S. The fourth-order valence-corrected chi connectivity index (χ4v) is 4.13. The van der Waals surface area contributed by atoms with Crippen molar-refractivity contribution in [1.29, 1.82) is 0 Å². The molecule has 30 heavy (non-hydrogen) atoms. The summed E-state index contributed by atoms with van der Waals surface area (Å²) in [5, 5.41) is 3.88. The van der Waals surface area contributed by atoms with Crippen LogP contribution in [0.25, 0.3) is 10.2 Å². The Morgan fingerprint density at radius 2 is 2.07 bits per heavy atom. The van der Waals surface area contributed by atoms with Gasteiger partial charge in [0.05, 0.1) is 23.9 Å². The molecule has 0 aliphatic carbocycles. The minimum atomic E-state index is -0.289. The molecule has 1 amide bonds. The number of rotatable bonds is 5. The molecule has 3 aromatic rings. The maximum Gasteiger partial charge on any atom is 0.409 e. The second kappa shape index (κ2) is 8.57. The Hall–Kier alpha value is -3.34. The SMILES string of the molecule is CCOC(=O)N1CCN(c2ncnc(Nc3nc4ccc(OC)cc4s3)c2N)CC1. The summed E-state index contributed by atoms with van der Waals surface area (Å²) in [6.45, 7) is 4.48. The third kappa shape index (κ3) is 4.01. The van der Waals surface area contributed by atoms with Crippen LogP contribution in [0.3, 0.4) is 0 Å². The van der Waals surface area contributed by atoms with E-state index in [9.17, 15) is 4.79 Å². The van der Waals surface area contributed by atoms with Crippen molar-refractivity contribution in [3.63, 3.8) is 0 Å². The maximum absolute atomic E-state index is 11.9. The van der Waals surface area contributed by atoms with Gasteiger partial charge in [-0.3, -0.25) is 0 Å². The summed E-state index contributed by atoms with van der Waals surface area (Å²) in [5.74, 6) is 1.92. The van der Waals surface area contributed by atoms with Gasteiger partial charge in [0.25, 0.3) is 0 Å². The quantitative estimate of drug-likeness (QED) is 0.631. The van der Waals surface area contributed by atoms with Crippen LogP contribution in [-0.2, 0) is 4.74 Å². The predicted octanol–water partition coefficient (Wildman–Crippen LogP) is 2.70. The Balaban J connectivity index is 1.49. The number of anilines is 4. The highest BCUT2D eigenvalue weighted by Crippen LogP contribution is 2.33. The van der Waals surface area contributed by atoms with Crippen molar-refractivity contribution in [1.82, 2.24) is 19.9 Å². The van der Waals surface area contributed by atoms with Crippen LogP contribution >= 0.6 is 11.3 Å². The number of aromatic nitrogens is 3. The number of hydrogen-bond donors (Lipinski definition) is 2. The third-order valence-electron chi connectivity index (χ3n) is 4.79. The first-order valence-electron chi connectivity index (χ1n) is 9.57. The summed E-state index contributed by atoms with van der Waals surface area (Å²) in [5.41, 5.74) is 7.68. The topological polar surface area (TPSA) is 119 Å². The van der Waals surface area contributed by atoms with Gasteiger partial charge in [0.15, 0.2) is 16.8 Å². The van der Waals surface area contributed by atoms with E-state index in [-0.39, 0.29) is 6.09 Å². The number of benzene rings is 1. The number of nitrogens with two attached hydrogens (primary N) is 1. The zero-order chi connectivity index (χ0) is 21.1. The molecule has 1 aliphatic rings. The number of ether oxygens (including phenoxy) is 2. The van der Waals surface area contributed by atoms with Gasteiger partial charge >= 0.3 is 6.09 Å². The second-order valence-corrected chi connectivity index (χ2v) is 7.64. The lowest BCUT2D eigenvalue weighted by atomic mass is 10.3. The van der Waals surface area contributed by atoms with Crippen LogP contribution in [0.2, 0.25) is 0 Å².